The van der Waals surface area contributed by atoms with Crippen LogP contribution in [0.4, 0.5) is 10.5 Å². The summed E-state index contributed by atoms with van der Waals surface area (Å²) in [5, 5.41) is 4.09. The zero-order chi connectivity index (χ0) is 24.2. The first kappa shape index (κ1) is 22.5. The summed E-state index contributed by atoms with van der Waals surface area (Å²) in [5.41, 5.74) is 4.52. The number of fused-ring (bicyclic) bond motifs is 1. The molecule has 1 atom stereocenters. The van der Waals surface area contributed by atoms with Gasteiger partial charge in [-0.05, 0) is 65.3 Å². The van der Waals surface area contributed by atoms with Gasteiger partial charge in [0.1, 0.15) is 18.4 Å². The maximum absolute atomic E-state index is 13.2. The normalized spacial score (nSPS) is 15.2. The van der Waals surface area contributed by atoms with Crippen LogP contribution < -0.4 is 10.1 Å². The van der Waals surface area contributed by atoms with E-state index in [-0.39, 0.29) is 12.5 Å². The van der Waals surface area contributed by atoms with Crippen LogP contribution in [0.5, 0.6) is 5.75 Å². The van der Waals surface area contributed by atoms with Crippen LogP contribution in [-0.4, -0.2) is 41.6 Å². The number of hydrogen-bond donors (Lipinski definition) is 2. The summed E-state index contributed by atoms with van der Waals surface area (Å²) in [6.07, 6.45) is 2.77. The van der Waals surface area contributed by atoms with Gasteiger partial charge in [-0.3, -0.25) is 9.69 Å². The second-order valence-electron chi connectivity index (χ2n) is 8.61. The van der Waals surface area contributed by atoms with Crippen molar-refractivity contribution in [3.05, 3.63) is 84.6 Å². The minimum atomic E-state index is -0.580. The second kappa shape index (κ2) is 9.93. The number of hydrogen-bond acceptors (Lipinski definition) is 4. The Balaban J connectivity index is 1.31. The molecule has 4 aromatic rings. The van der Waals surface area contributed by atoms with E-state index in [1.165, 1.54) is 4.90 Å². The molecule has 0 radical (unpaired) electrons. The lowest BCUT2D eigenvalue weighted by molar-refractivity contribution is -0.120. The number of anilines is 1. The smallest absolute Gasteiger partial charge is 0.410 e. The zero-order valence-corrected chi connectivity index (χ0v) is 19.5. The van der Waals surface area contributed by atoms with Gasteiger partial charge in [-0.2, -0.15) is 0 Å². The van der Waals surface area contributed by atoms with Gasteiger partial charge in [0.15, 0.2) is 0 Å². The molecule has 2 amide bonds. The van der Waals surface area contributed by atoms with E-state index in [0.717, 1.165) is 34.0 Å². The highest BCUT2D eigenvalue weighted by molar-refractivity contribution is 5.97. The predicted octanol–water partition coefficient (Wildman–Crippen LogP) is 5.58. The number of rotatable bonds is 6. The van der Waals surface area contributed by atoms with Gasteiger partial charge in [-0.25, -0.2) is 4.79 Å². The Kier molecular flexibility index (Phi) is 6.39. The van der Waals surface area contributed by atoms with Gasteiger partial charge < -0.3 is 19.8 Å². The quantitative estimate of drug-likeness (QED) is 0.386. The number of amides is 2. The number of likely N-dealkylation sites (tertiary alicyclic amines) is 1. The number of carbonyl (C=O) groups is 2. The number of aromatic nitrogens is 1. The van der Waals surface area contributed by atoms with Crippen LogP contribution in [0.25, 0.3) is 22.0 Å². The predicted molar refractivity (Wildman–Crippen MR) is 135 cm³/mol. The van der Waals surface area contributed by atoms with Gasteiger partial charge in [-0.15, -0.1) is 0 Å². The number of benzene rings is 3. The topological polar surface area (TPSA) is 83.7 Å². The van der Waals surface area contributed by atoms with Gasteiger partial charge in [0.05, 0.1) is 7.11 Å². The van der Waals surface area contributed by atoms with Crippen LogP contribution in [0.2, 0.25) is 0 Å². The van der Waals surface area contributed by atoms with Crippen molar-refractivity contribution in [2.24, 2.45) is 0 Å². The molecule has 1 unspecified atom stereocenters. The summed E-state index contributed by atoms with van der Waals surface area (Å²) in [5.74, 6) is 0.400. The van der Waals surface area contributed by atoms with Gasteiger partial charge >= 0.3 is 6.09 Å². The summed E-state index contributed by atoms with van der Waals surface area (Å²) in [4.78, 5) is 30.6. The molecule has 0 bridgehead atoms. The lowest BCUT2D eigenvalue weighted by atomic mass is 10.0. The Labute approximate surface area is 203 Å². The van der Waals surface area contributed by atoms with Crippen molar-refractivity contribution in [1.29, 1.82) is 0 Å². The fourth-order valence-corrected chi connectivity index (χ4v) is 4.47. The lowest BCUT2D eigenvalue weighted by Gasteiger charge is -2.23. The number of nitrogens with one attached hydrogen (secondary N) is 2. The monoisotopic (exact) mass is 469 g/mol. The standard InChI is InChI=1S/C28H27N3O4/c1-34-24-16-22(20-9-10-25-21(14-20)11-12-29-25)15-23(17-24)30-27(32)26-8-5-13-31(26)28(33)35-18-19-6-3-2-4-7-19/h2-4,6-7,9-12,14-17,26,29H,5,8,13,18H2,1H3,(H,30,32). The summed E-state index contributed by atoms with van der Waals surface area (Å²) in [7, 11) is 1.60. The molecule has 7 nitrogen and oxygen atoms in total. The van der Waals surface area contributed by atoms with E-state index < -0.39 is 12.1 Å². The van der Waals surface area contributed by atoms with E-state index in [1.807, 2.05) is 66.9 Å². The number of aromatic amines is 1. The molecular weight excluding hydrogens is 442 g/mol. The van der Waals surface area contributed by atoms with Crippen molar-refractivity contribution in [2.45, 2.75) is 25.5 Å². The molecular formula is C28H27N3O4. The molecule has 0 spiro atoms. The summed E-state index contributed by atoms with van der Waals surface area (Å²) >= 11 is 0. The molecule has 2 N–H and O–H groups in total. The number of ether oxygens (including phenoxy) is 2. The van der Waals surface area contributed by atoms with Crippen molar-refractivity contribution < 1.29 is 19.1 Å². The third kappa shape index (κ3) is 4.99. The Bertz CT molecular complexity index is 1350. The van der Waals surface area contributed by atoms with Gasteiger partial charge in [0, 0.05) is 30.0 Å². The molecule has 178 valence electrons. The first-order valence-electron chi connectivity index (χ1n) is 11.7. The zero-order valence-electron chi connectivity index (χ0n) is 19.5. The molecule has 1 aliphatic heterocycles. The average molecular weight is 470 g/mol. The molecule has 0 saturated carbocycles. The first-order chi connectivity index (χ1) is 17.1. The summed E-state index contributed by atoms with van der Waals surface area (Å²) in [6.45, 7) is 0.668. The van der Waals surface area contributed by atoms with E-state index >= 15 is 0 Å². The third-order valence-corrected chi connectivity index (χ3v) is 6.29. The largest absolute Gasteiger partial charge is 0.497 e. The van der Waals surface area contributed by atoms with E-state index in [1.54, 1.807) is 13.2 Å². The Hall–Kier alpha value is -4.26. The first-order valence-corrected chi connectivity index (χ1v) is 11.7. The molecule has 1 aromatic heterocycles. The Morgan fingerprint density at radius 3 is 2.71 bits per heavy atom. The number of nitrogens with zero attached hydrogens (tertiary/aromatic N) is 1. The second-order valence-corrected chi connectivity index (χ2v) is 8.61. The van der Waals surface area contributed by atoms with Crippen molar-refractivity contribution >= 4 is 28.6 Å². The SMILES string of the molecule is COc1cc(NC(=O)C2CCCN2C(=O)OCc2ccccc2)cc(-c2ccc3[nH]ccc3c2)c1. The van der Waals surface area contributed by atoms with E-state index in [0.29, 0.717) is 24.4 Å². The number of H-pyrrole nitrogens is 1. The van der Waals surface area contributed by atoms with Gasteiger partial charge in [0.25, 0.3) is 0 Å². The van der Waals surface area contributed by atoms with Crippen LogP contribution in [0.3, 0.4) is 0 Å². The highest BCUT2D eigenvalue weighted by Gasteiger charge is 2.35. The van der Waals surface area contributed by atoms with Crippen molar-refractivity contribution in [1.82, 2.24) is 9.88 Å². The minimum absolute atomic E-state index is 0.176. The average Bonchev–Trinajstić information content (AvgIpc) is 3.57. The Morgan fingerprint density at radius 1 is 1.03 bits per heavy atom. The molecule has 1 saturated heterocycles. The van der Waals surface area contributed by atoms with Crippen molar-refractivity contribution in [3.63, 3.8) is 0 Å². The van der Waals surface area contributed by atoms with Crippen LogP contribution in [0, 0.1) is 0 Å². The highest BCUT2D eigenvalue weighted by Crippen LogP contribution is 2.31. The maximum atomic E-state index is 13.2. The summed E-state index contributed by atoms with van der Waals surface area (Å²) in [6, 6.07) is 22.7. The third-order valence-electron chi connectivity index (χ3n) is 6.29. The molecule has 0 aliphatic carbocycles. The van der Waals surface area contributed by atoms with Crippen LogP contribution >= 0.6 is 0 Å². The molecule has 5 rings (SSSR count). The van der Waals surface area contributed by atoms with Crippen molar-refractivity contribution in [3.8, 4) is 16.9 Å². The van der Waals surface area contributed by atoms with Gasteiger partial charge in [-0.1, -0.05) is 36.4 Å². The molecule has 1 aliphatic rings. The van der Waals surface area contributed by atoms with Crippen molar-refractivity contribution in [2.75, 3.05) is 19.0 Å². The fourth-order valence-electron chi connectivity index (χ4n) is 4.47. The van der Waals surface area contributed by atoms with E-state index in [4.69, 9.17) is 9.47 Å². The van der Waals surface area contributed by atoms with Crippen LogP contribution in [-0.2, 0) is 16.1 Å². The lowest BCUT2D eigenvalue weighted by Crippen LogP contribution is -2.43. The van der Waals surface area contributed by atoms with Crippen LogP contribution in [0.15, 0.2) is 79.0 Å². The summed E-state index contributed by atoms with van der Waals surface area (Å²) < 4.78 is 11.0. The highest BCUT2D eigenvalue weighted by atomic mass is 16.6. The molecule has 3 aromatic carbocycles. The fraction of sp³-hybridized carbons (Fsp3) is 0.214. The van der Waals surface area contributed by atoms with Gasteiger partial charge in [0.2, 0.25) is 5.91 Å². The molecule has 2 heterocycles. The Morgan fingerprint density at radius 2 is 1.89 bits per heavy atom. The molecule has 7 heteroatoms. The van der Waals surface area contributed by atoms with E-state index in [2.05, 4.69) is 16.4 Å². The van der Waals surface area contributed by atoms with Crippen LogP contribution in [0.1, 0.15) is 18.4 Å². The number of carbonyl (C=O) groups excluding carboxylic acids is 2. The number of methoxy groups -OCH3 is 1. The maximum Gasteiger partial charge on any atom is 0.410 e. The van der Waals surface area contributed by atoms with E-state index in [9.17, 15) is 9.59 Å². The molecule has 35 heavy (non-hydrogen) atoms. The molecule has 1 fully saturated rings. The minimum Gasteiger partial charge on any atom is -0.497 e.